The number of hydrogen-bond donors (Lipinski definition) is 1. The van der Waals surface area contributed by atoms with Gasteiger partial charge in [-0.05, 0) is 12.5 Å². The van der Waals surface area contributed by atoms with Crippen LogP contribution < -0.4 is 5.73 Å². The molecule has 18 heavy (non-hydrogen) atoms. The quantitative estimate of drug-likeness (QED) is 0.883. The van der Waals surface area contributed by atoms with E-state index in [0.717, 1.165) is 5.56 Å². The lowest BCUT2D eigenvalue weighted by atomic mass is 10.1. The third-order valence-corrected chi connectivity index (χ3v) is 2.98. The molecule has 1 aliphatic heterocycles. The Bertz CT molecular complexity index is 386. The molecule has 4 nitrogen and oxygen atoms in total. The predicted molar refractivity (Wildman–Crippen MR) is 72.6 cm³/mol. The van der Waals surface area contributed by atoms with Crippen molar-refractivity contribution in [3.63, 3.8) is 0 Å². The Balaban J connectivity index is 0.00000162. The summed E-state index contributed by atoms with van der Waals surface area (Å²) in [4.78, 5) is 14.0. The van der Waals surface area contributed by atoms with Gasteiger partial charge in [0.25, 0.3) is 0 Å². The van der Waals surface area contributed by atoms with Gasteiger partial charge in [0.1, 0.15) is 6.04 Å². The third-order valence-electron chi connectivity index (χ3n) is 2.98. The maximum Gasteiger partial charge on any atom is 0.244 e. The molecule has 1 aromatic rings. The number of amides is 1. The van der Waals surface area contributed by atoms with Crippen LogP contribution in [0.5, 0.6) is 0 Å². The number of carbonyl (C=O) groups is 1. The number of hydrogen-bond acceptors (Lipinski definition) is 3. The minimum atomic E-state index is -0.568. The van der Waals surface area contributed by atoms with Crippen LogP contribution in [0.2, 0.25) is 0 Å². The van der Waals surface area contributed by atoms with E-state index < -0.39 is 6.04 Å². The van der Waals surface area contributed by atoms with Crippen LogP contribution in [0.1, 0.15) is 18.5 Å². The summed E-state index contributed by atoms with van der Waals surface area (Å²) in [5, 5.41) is 0. The Hall–Kier alpha value is -1.10. The van der Waals surface area contributed by atoms with E-state index in [2.05, 4.69) is 0 Å². The summed E-state index contributed by atoms with van der Waals surface area (Å²) < 4.78 is 5.41. The molecule has 1 saturated heterocycles. The van der Waals surface area contributed by atoms with Crippen molar-refractivity contribution in [1.29, 1.82) is 0 Å². The van der Waals surface area contributed by atoms with Gasteiger partial charge in [-0.25, -0.2) is 0 Å². The highest BCUT2D eigenvalue weighted by Crippen LogP contribution is 2.15. The van der Waals surface area contributed by atoms with Crippen LogP contribution in [0.4, 0.5) is 0 Å². The minimum Gasteiger partial charge on any atom is -0.375 e. The van der Waals surface area contributed by atoms with Crippen molar-refractivity contribution in [2.45, 2.75) is 19.1 Å². The summed E-state index contributed by atoms with van der Waals surface area (Å²) in [7, 11) is 0. The molecule has 2 atom stereocenters. The van der Waals surface area contributed by atoms with Crippen LogP contribution in [0.15, 0.2) is 30.3 Å². The van der Waals surface area contributed by atoms with E-state index in [1.165, 1.54) is 0 Å². The smallest absolute Gasteiger partial charge is 0.244 e. The van der Waals surface area contributed by atoms with E-state index in [0.29, 0.717) is 19.7 Å². The molecule has 2 N–H and O–H groups in total. The fraction of sp³-hybridized carbons (Fsp3) is 0.462. The fourth-order valence-electron chi connectivity index (χ4n) is 2.02. The van der Waals surface area contributed by atoms with Gasteiger partial charge in [-0.2, -0.15) is 0 Å². The van der Waals surface area contributed by atoms with Gasteiger partial charge in [0.2, 0.25) is 5.91 Å². The molecule has 2 unspecified atom stereocenters. The van der Waals surface area contributed by atoms with Gasteiger partial charge >= 0.3 is 0 Å². The van der Waals surface area contributed by atoms with Crippen LogP contribution in [-0.4, -0.2) is 36.6 Å². The van der Waals surface area contributed by atoms with E-state index in [-0.39, 0.29) is 24.4 Å². The van der Waals surface area contributed by atoms with E-state index >= 15 is 0 Å². The number of nitrogens with two attached hydrogens (primary N) is 1. The maximum absolute atomic E-state index is 12.2. The van der Waals surface area contributed by atoms with E-state index in [9.17, 15) is 4.79 Å². The standard InChI is InChI=1S/C13H18N2O2.ClH/c1-10-9-15(7-8-17-10)13(16)12(14)11-5-3-2-4-6-11;/h2-6,10,12H,7-9,14H2,1H3;1H. The van der Waals surface area contributed by atoms with E-state index in [1.54, 1.807) is 4.90 Å². The van der Waals surface area contributed by atoms with Gasteiger partial charge in [0, 0.05) is 13.1 Å². The topological polar surface area (TPSA) is 55.6 Å². The minimum absolute atomic E-state index is 0. The maximum atomic E-state index is 12.2. The summed E-state index contributed by atoms with van der Waals surface area (Å²) >= 11 is 0. The van der Waals surface area contributed by atoms with Crippen molar-refractivity contribution in [1.82, 2.24) is 4.90 Å². The number of morpholine rings is 1. The highest BCUT2D eigenvalue weighted by Gasteiger charge is 2.26. The molecule has 1 amide bonds. The second-order valence-corrected chi connectivity index (χ2v) is 4.35. The zero-order valence-electron chi connectivity index (χ0n) is 10.4. The molecular formula is C13H19ClN2O2. The lowest BCUT2D eigenvalue weighted by molar-refractivity contribution is -0.139. The Kier molecular flexibility index (Phi) is 5.59. The number of halogens is 1. The SMILES string of the molecule is CC1CN(C(=O)C(N)c2ccccc2)CCO1.Cl. The molecule has 5 heteroatoms. The van der Waals surface area contributed by atoms with Crippen molar-refractivity contribution in [2.75, 3.05) is 19.7 Å². The van der Waals surface area contributed by atoms with Crippen LogP contribution in [0.25, 0.3) is 0 Å². The van der Waals surface area contributed by atoms with Crippen molar-refractivity contribution < 1.29 is 9.53 Å². The normalized spacial score (nSPS) is 21.0. The predicted octanol–water partition coefficient (Wildman–Crippen LogP) is 1.36. The molecule has 1 heterocycles. The van der Waals surface area contributed by atoms with Crippen LogP contribution in [0.3, 0.4) is 0 Å². The summed E-state index contributed by atoms with van der Waals surface area (Å²) in [6.45, 7) is 3.81. The van der Waals surface area contributed by atoms with E-state index in [1.807, 2.05) is 37.3 Å². The summed E-state index contributed by atoms with van der Waals surface area (Å²) in [5.41, 5.74) is 6.84. The molecule has 0 aromatic heterocycles. The number of rotatable bonds is 2. The fourth-order valence-corrected chi connectivity index (χ4v) is 2.02. The number of carbonyl (C=O) groups excluding carboxylic acids is 1. The zero-order chi connectivity index (χ0) is 12.3. The van der Waals surface area contributed by atoms with Crippen LogP contribution in [0, 0.1) is 0 Å². The second-order valence-electron chi connectivity index (χ2n) is 4.35. The van der Waals surface area contributed by atoms with Crippen molar-refractivity contribution >= 4 is 18.3 Å². The molecule has 1 aliphatic rings. The number of benzene rings is 1. The molecule has 0 bridgehead atoms. The highest BCUT2D eigenvalue weighted by atomic mass is 35.5. The lowest BCUT2D eigenvalue weighted by Crippen LogP contribution is -2.47. The first-order chi connectivity index (χ1) is 8.18. The summed E-state index contributed by atoms with van der Waals surface area (Å²) in [6, 6.07) is 8.90. The average Bonchev–Trinajstić information content (AvgIpc) is 2.38. The zero-order valence-corrected chi connectivity index (χ0v) is 11.2. The van der Waals surface area contributed by atoms with Crippen molar-refractivity contribution in [2.24, 2.45) is 5.73 Å². The first-order valence-electron chi connectivity index (χ1n) is 5.89. The Labute approximate surface area is 114 Å². The first kappa shape index (κ1) is 15.0. The number of ether oxygens (including phenoxy) is 1. The van der Waals surface area contributed by atoms with Gasteiger partial charge < -0.3 is 15.4 Å². The van der Waals surface area contributed by atoms with Crippen molar-refractivity contribution in [3.05, 3.63) is 35.9 Å². The Morgan fingerprint density at radius 1 is 1.44 bits per heavy atom. The Morgan fingerprint density at radius 3 is 2.72 bits per heavy atom. The lowest BCUT2D eigenvalue weighted by Gasteiger charge is -2.32. The summed E-state index contributed by atoms with van der Waals surface area (Å²) in [5.74, 6) is -0.0219. The molecule has 0 radical (unpaired) electrons. The van der Waals surface area contributed by atoms with Gasteiger partial charge in [0.15, 0.2) is 0 Å². The largest absolute Gasteiger partial charge is 0.375 e. The van der Waals surface area contributed by atoms with Gasteiger partial charge in [-0.1, -0.05) is 30.3 Å². The molecular weight excluding hydrogens is 252 g/mol. The molecule has 0 spiro atoms. The summed E-state index contributed by atoms with van der Waals surface area (Å²) in [6.07, 6.45) is 0.0932. The van der Waals surface area contributed by atoms with E-state index in [4.69, 9.17) is 10.5 Å². The number of nitrogens with zero attached hydrogens (tertiary/aromatic N) is 1. The van der Waals surface area contributed by atoms with Crippen molar-refractivity contribution in [3.8, 4) is 0 Å². The highest BCUT2D eigenvalue weighted by molar-refractivity contribution is 5.85. The molecule has 0 aliphatic carbocycles. The molecule has 2 rings (SSSR count). The second kappa shape index (κ2) is 6.73. The molecule has 1 aromatic carbocycles. The third kappa shape index (κ3) is 3.45. The first-order valence-corrected chi connectivity index (χ1v) is 5.89. The molecule has 0 saturated carbocycles. The van der Waals surface area contributed by atoms with Gasteiger partial charge in [-0.3, -0.25) is 4.79 Å². The van der Waals surface area contributed by atoms with Gasteiger partial charge in [-0.15, -0.1) is 12.4 Å². The molecule has 1 fully saturated rings. The van der Waals surface area contributed by atoms with Gasteiger partial charge in [0.05, 0.1) is 12.7 Å². The average molecular weight is 271 g/mol. The monoisotopic (exact) mass is 270 g/mol. The molecule has 100 valence electrons. The van der Waals surface area contributed by atoms with Crippen LogP contribution in [-0.2, 0) is 9.53 Å². The Morgan fingerprint density at radius 2 is 2.11 bits per heavy atom. The van der Waals surface area contributed by atoms with Crippen LogP contribution >= 0.6 is 12.4 Å².